The Kier molecular flexibility index (Phi) is 4.39. The zero-order chi connectivity index (χ0) is 16.4. The van der Waals surface area contributed by atoms with Crippen LogP contribution in [0.15, 0.2) is 40.3 Å². The summed E-state index contributed by atoms with van der Waals surface area (Å²) in [6, 6.07) is 7.77. The van der Waals surface area contributed by atoms with E-state index >= 15 is 0 Å². The molecule has 0 amide bonds. The summed E-state index contributed by atoms with van der Waals surface area (Å²) in [7, 11) is 1.92. The van der Waals surface area contributed by atoms with Crippen molar-refractivity contribution >= 4 is 11.3 Å². The molecule has 122 valence electrons. The SMILES string of the molecule is Cc1ccc(C(C)(O)CNCc2cn(C)nc2-c2cccs2)o1. The van der Waals surface area contributed by atoms with E-state index in [-0.39, 0.29) is 0 Å². The molecule has 3 heterocycles. The van der Waals surface area contributed by atoms with E-state index in [9.17, 15) is 5.11 Å². The smallest absolute Gasteiger partial charge is 0.136 e. The van der Waals surface area contributed by atoms with Crippen molar-refractivity contribution in [1.29, 1.82) is 0 Å². The van der Waals surface area contributed by atoms with Crippen molar-refractivity contribution in [2.24, 2.45) is 7.05 Å². The van der Waals surface area contributed by atoms with Crippen LogP contribution in [0.25, 0.3) is 10.6 Å². The van der Waals surface area contributed by atoms with Gasteiger partial charge in [0.2, 0.25) is 0 Å². The van der Waals surface area contributed by atoms with Crippen molar-refractivity contribution in [3.05, 3.63) is 52.9 Å². The standard InChI is InChI=1S/C17H21N3O2S/c1-12-6-7-15(22-12)17(2,21)11-18-9-13-10-20(3)19-16(13)14-5-4-8-23-14/h4-8,10,18,21H,9,11H2,1-3H3. The van der Waals surface area contributed by atoms with Crippen LogP contribution in [0.1, 0.15) is 24.0 Å². The number of rotatable bonds is 6. The van der Waals surface area contributed by atoms with Gasteiger partial charge in [0.15, 0.2) is 0 Å². The molecule has 0 saturated heterocycles. The number of nitrogens with one attached hydrogen (secondary N) is 1. The Hall–Kier alpha value is -1.89. The summed E-state index contributed by atoms with van der Waals surface area (Å²) in [4.78, 5) is 1.15. The zero-order valence-electron chi connectivity index (χ0n) is 13.5. The third-order valence-corrected chi connectivity index (χ3v) is 4.59. The molecule has 0 aromatic carbocycles. The molecular weight excluding hydrogens is 310 g/mol. The van der Waals surface area contributed by atoms with E-state index in [1.807, 2.05) is 48.4 Å². The Morgan fingerprint density at radius 2 is 2.22 bits per heavy atom. The number of furan rings is 1. The van der Waals surface area contributed by atoms with Crippen LogP contribution in [0.4, 0.5) is 0 Å². The van der Waals surface area contributed by atoms with Crippen molar-refractivity contribution in [2.45, 2.75) is 26.0 Å². The van der Waals surface area contributed by atoms with Crippen LogP contribution in [0.2, 0.25) is 0 Å². The van der Waals surface area contributed by atoms with Crippen molar-refractivity contribution in [3.63, 3.8) is 0 Å². The predicted molar refractivity (Wildman–Crippen MR) is 91.2 cm³/mol. The maximum atomic E-state index is 10.6. The summed E-state index contributed by atoms with van der Waals surface area (Å²) < 4.78 is 7.35. The summed E-state index contributed by atoms with van der Waals surface area (Å²) >= 11 is 1.67. The van der Waals surface area contributed by atoms with E-state index in [0.29, 0.717) is 18.8 Å². The number of hydrogen-bond acceptors (Lipinski definition) is 5. The lowest BCUT2D eigenvalue weighted by atomic mass is 10.0. The number of aromatic nitrogens is 2. The normalized spacial score (nSPS) is 14.1. The van der Waals surface area contributed by atoms with E-state index in [4.69, 9.17) is 4.42 Å². The minimum atomic E-state index is -1.04. The maximum Gasteiger partial charge on any atom is 0.136 e. The first-order valence-electron chi connectivity index (χ1n) is 7.52. The molecule has 0 saturated carbocycles. The fourth-order valence-electron chi connectivity index (χ4n) is 2.54. The van der Waals surface area contributed by atoms with Gasteiger partial charge in [0.1, 0.15) is 22.8 Å². The van der Waals surface area contributed by atoms with Crippen LogP contribution in [0.5, 0.6) is 0 Å². The van der Waals surface area contributed by atoms with E-state index in [1.54, 1.807) is 18.3 Å². The van der Waals surface area contributed by atoms with Crippen LogP contribution < -0.4 is 5.32 Å². The highest BCUT2D eigenvalue weighted by atomic mass is 32.1. The highest BCUT2D eigenvalue weighted by Gasteiger charge is 2.26. The second-order valence-corrected chi connectivity index (χ2v) is 6.89. The van der Waals surface area contributed by atoms with Crippen molar-refractivity contribution in [2.75, 3.05) is 6.54 Å². The van der Waals surface area contributed by atoms with Crippen LogP contribution in [0, 0.1) is 6.92 Å². The Balaban J connectivity index is 1.67. The summed E-state index contributed by atoms with van der Waals surface area (Å²) in [5.74, 6) is 1.37. The van der Waals surface area contributed by atoms with Gasteiger partial charge in [-0.3, -0.25) is 4.68 Å². The summed E-state index contributed by atoms with van der Waals surface area (Å²) in [6.45, 7) is 4.66. The number of aliphatic hydroxyl groups is 1. The highest BCUT2D eigenvalue weighted by Crippen LogP contribution is 2.27. The molecule has 0 aliphatic rings. The van der Waals surface area contributed by atoms with Gasteiger partial charge in [-0.2, -0.15) is 5.10 Å². The second-order valence-electron chi connectivity index (χ2n) is 5.94. The molecule has 0 aliphatic carbocycles. The first-order valence-corrected chi connectivity index (χ1v) is 8.40. The Labute approximate surface area is 139 Å². The molecule has 2 N–H and O–H groups in total. The Morgan fingerprint density at radius 3 is 2.87 bits per heavy atom. The fraction of sp³-hybridized carbons (Fsp3) is 0.353. The molecule has 0 radical (unpaired) electrons. The molecule has 6 heteroatoms. The lowest BCUT2D eigenvalue weighted by molar-refractivity contribution is 0.0333. The Bertz CT molecular complexity index is 772. The summed E-state index contributed by atoms with van der Waals surface area (Å²) in [5, 5.41) is 20.4. The van der Waals surface area contributed by atoms with E-state index < -0.39 is 5.60 Å². The van der Waals surface area contributed by atoms with E-state index in [0.717, 1.165) is 21.9 Å². The molecule has 1 unspecified atom stereocenters. The lowest BCUT2D eigenvalue weighted by Gasteiger charge is -2.21. The summed E-state index contributed by atoms with van der Waals surface area (Å²) in [6.07, 6.45) is 2.01. The molecule has 0 fully saturated rings. The minimum absolute atomic E-state index is 0.402. The second kappa shape index (κ2) is 6.31. The van der Waals surface area contributed by atoms with Gasteiger partial charge in [-0.15, -0.1) is 11.3 Å². The zero-order valence-corrected chi connectivity index (χ0v) is 14.4. The van der Waals surface area contributed by atoms with Gasteiger partial charge >= 0.3 is 0 Å². The molecule has 3 aromatic rings. The molecule has 23 heavy (non-hydrogen) atoms. The lowest BCUT2D eigenvalue weighted by Crippen LogP contribution is -2.34. The summed E-state index contributed by atoms with van der Waals surface area (Å²) in [5.41, 5.74) is 1.06. The fourth-order valence-corrected chi connectivity index (χ4v) is 3.28. The first-order chi connectivity index (χ1) is 11.0. The van der Waals surface area contributed by atoms with Gasteiger partial charge < -0.3 is 14.8 Å². The quantitative estimate of drug-likeness (QED) is 0.729. The third kappa shape index (κ3) is 3.55. The van der Waals surface area contributed by atoms with E-state index in [2.05, 4.69) is 16.5 Å². The van der Waals surface area contributed by atoms with Gasteiger partial charge in [0, 0.05) is 31.9 Å². The number of hydrogen-bond donors (Lipinski definition) is 2. The molecule has 5 nitrogen and oxygen atoms in total. The van der Waals surface area contributed by atoms with Crippen molar-refractivity contribution < 1.29 is 9.52 Å². The van der Waals surface area contributed by atoms with Crippen LogP contribution >= 0.6 is 11.3 Å². The first kappa shape index (κ1) is 16.0. The van der Waals surface area contributed by atoms with Gasteiger partial charge in [-0.25, -0.2) is 0 Å². The molecular formula is C17H21N3O2S. The minimum Gasteiger partial charge on any atom is -0.463 e. The van der Waals surface area contributed by atoms with Gasteiger partial charge in [0.25, 0.3) is 0 Å². The third-order valence-electron chi connectivity index (χ3n) is 3.71. The monoisotopic (exact) mass is 331 g/mol. The van der Waals surface area contributed by atoms with Gasteiger partial charge in [-0.05, 0) is 37.4 Å². The van der Waals surface area contributed by atoms with Gasteiger partial charge in [0.05, 0.1) is 4.88 Å². The molecule has 3 rings (SSSR count). The predicted octanol–water partition coefficient (Wildman–Crippen LogP) is 3.05. The van der Waals surface area contributed by atoms with Crippen LogP contribution in [-0.4, -0.2) is 21.4 Å². The largest absolute Gasteiger partial charge is 0.463 e. The van der Waals surface area contributed by atoms with Crippen molar-refractivity contribution in [1.82, 2.24) is 15.1 Å². The Morgan fingerprint density at radius 1 is 1.39 bits per heavy atom. The molecule has 0 aliphatic heterocycles. The molecule has 0 spiro atoms. The molecule has 3 aromatic heterocycles. The average Bonchev–Trinajstić information content (AvgIpc) is 3.19. The van der Waals surface area contributed by atoms with Gasteiger partial charge in [-0.1, -0.05) is 6.07 Å². The maximum absolute atomic E-state index is 10.6. The number of aryl methyl sites for hydroxylation is 2. The van der Waals surface area contributed by atoms with Crippen LogP contribution in [0.3, 0.4) is 0 Å². The van der Waals surface area contributed by atoms with E-state index in [1.165, 1.54) is 0 Å². The average molecular weight is 331 g/mol. The highest BCUT2D eigenvalue weighted by molar-refractivity contribution is 7.13. The number of nitrogens with zero attached hydrogens (tertiary/aromatic N) is 2. The molecule has 0 bridgehead atoms. The van der Waals surface area contributed by atoms with Crippen LogP contribution in [-0.2, 0) is 19.2 Å². The topological polar surface area (TPSA) is 63.2 Å². The number of thiophene rings is 1. The molecule has 1 atom stereocenters. The van der Waals surface area contributed by atoms with Crippen molar-refractivity contribution in [3.8, 4) is 10.6 Å².